The minimum Gasteiger partial charge on any atom is -0.349 e. The summed E-state index contributed by atoms with van der Waals surface area (Å²) in [6.45, 7) is 0. The first kappa shape index (κ1) is 12.1. The number of amides is 1. The molecule has 0 aliphatic heterocycles. The number of hydrogen-bond acceptors (Lipinski definition) is 2. The molecule has 0 saturated heterocycles. The number of benzene rings is 2. The van der Waals surface area contributed by atoms with Crippen LogP contribution < -0.4 is 5.32 Å². The van der Waals surface area contributed by atoms with Crippen LogP contribution >= 0.6 is 0 Å². The zero-order valence-electron chi connectivity index (χ0n) is 11.5. The third kappa shape index (κ3) is 2.40. The first-order valence-electron chi connectivity index (χ1n) is 7.16. The zero-order chi connectivity index (χ0) is 14.2. The number of H-pyrrole nitrogens is 1. The minimum atomic E-state index is 0.00801. The first-order valence-corrected chi connectivity index (χ1v) is 7.16. The van der Waals surface area contributed by atoms with Crippen LogP contribution in [0, 0.1) is 0 Å². The molecule has 1 saturated carbocycles. The van der Waals surface area contributed by atoms with Crippen molar-refractivity contribution >= 4 is 16.9 Å². The Labute approximate surface area is 122 Å². The van der Waals surface area contributed by atoms with E-state index in [1.54, 1.807) is 0 Å². The Morgan fingerprint density at radius 2 is 1.86 bits per heavy atom. The second-order valence-corrected chi connectivity index (χ2v) is 5.43. The Morgan fingerprint density at radius 1 is 1.10 bits per heavy atom. The summed E-state index contributed by atoms with van der Waals surface area (Å²) in [5.41, 5.74) is 3.64. The lowest BCUT2D eigenvalue weighted by Gasteiger charge is -2.03. The molecule has 1 fully saturated rings. The Bertz CT molecular complexity index is 767. The molecule has 0 atom stereocenters. The third-order valence-electron chi connectivity index (χ3n) is 3.72. The van der Waals surface area contributed by atoms with Crippen LogP contribution in [0.15, 0.2) is 48.5 Å². The van der Waals surface area contributed by atoms with Gasteiger partial charge in [0.15, 0.2) is 0 Å². The van der Waals surface area contributed by atoms with Gasteiger partial charge in [-0.1, -0.05) is 24.3 Å². The maximum Gasteiger partial charge on any atom is 0.251 e. The van der Waals surface area contributed by atoms with Crippen molar-refractivity contribution in [2.75, 3.05) is 0 Å². The van der Waals surface area contributed by atoms with Crippen LogP contribution in [0.1, 0.15) is 23.2 Å². The van der Waals surface area contributed by atoms with Crippen molar-refractivity contribution in [2.45, 2.75) is 18.9 Å². The van der Waals surface area contributed by atoms with Crippen LogP contribution in [0.5, 0.6) is 0 Å². The molecule has 1 aliphatic carbocycles. The molecule has 21 heavy (non-hydrogen) atoms. The highest BCUT2D eigenvalue weighted by Gasteiger charge is 2.23. The molecule has 1 heterocycles. The van der Waals surface area contributed by atoms with Gasteiger partial charge in [-0.3, -0.25) is 4.79 Å². The molecule has 4 heteroatoms. The molecule has 0 bridgehead atoms. The summed E-state index contributed by atoms with van der Waals surface area (Å²) in [6, 6.07) is 15.9. The summed E-state index contributed by atoms with van der Waals surface area (Å²) in [4.78, 5) is 19.8. The first-order chi connectivity index (χ1) is 10.3. The van der Waals surface area contributed by atoms with E-state index in [-0.39, 0.29) is 5.91 Å². The number of fused-ring (bicyclic) bond motifs is 1. The van der Waals surface area contributed by atoms with Crippen molar-refractivity contribution in [3.63, 3.8) is 0 Å². The third-order valence-corrected chi connectivity index (χ3v) is 3.72. The van der Waals surface area contributed by atoms with Crippen molar-refractivity contribution in [1.29, 1.82) is 0 Å². The largest absolute Gasteiger partial charge is 0.349 e. The number of rotatable bonds is 3. The molecule has 3 aromatic rings. The standard InChI is InChI=1S/C17H15N3O/c21-17(18-13-9-10-13)12-7-5-11(6-8-12)16-19-14-3-1-2-4-15(14)20-16/h1-8,13H,9-10H2,(H,18,21)(H,19,20). The molecular formula is C17H15N3O. The predicted molar refractivity (Wildman–Crippen MR) is 82.0 cm³/mol. The van der Waals surface area contributed by atoms with Crippen molar-refractivity contribution in [2.24, 2.45) is 0 Å². The molecular weight excluding hydrogens is 262 g/mol. The zero-order valence-corrected chi connectivity index (χ0v) is 11.5. The van der Waals surface area contributed by atoms with E-state index in [9.17, 15) is 4.79 Å². The topological polar surface area (TPSA) is 57.8 Å². The van der Waals surface area contributed by atoms with Gasteiger partial charge in [0.1, 0.15) is 5.82 Å². The van der Waals surface area contributed by atoms with E-state index in [2.05, 4.69) is 15.3 Å². The van der Waals surface area contributed by atoms with Gasteiger partial charge >= 0.3 is 0 Å². The molecule has 1 aromatic heterocycles. The van der Waals surface area contributed by atoms with E-state index in [0.29, 0.717) is 11.6 Å². The van der Waals surface area contributed by atoms with Crippen LogP contribution in [0.25, 0.3) is 22.4 Å². The van der Waals surface area contributed by atoms with Gasteiger partial charge in [-0.15, -0.1) is 0 Å². The quantitative estimate of drug-likeness (QED) is 0.772. The molecule has 4 nitrogen and oxygen atoms in total. The Kier molecular flexibility index (Phi) is 2.74. The monoisotopic (exact) mass is 277 g/mol. The second-order valence-electron chi connectivity index (χ2n) is 5.43. The fourth-order valence-electron chi connectivity index (χ4n) is 2.37. The summed E-state index contributed by atoms with van der Waals surface area (Å²) in [6.07, 6.45) is 2.20. The number of para-hydroxylation sites is 2. The smallest absolute Gasteiger partial charge is 0.251 e. The molecule has 1 aliphatic rings. The molecule has 4 rings (SSSR count). The maximum absolute atomic E-state index is 11.9. The van der Waals surface area contributed by atoms with Gasteiger partial charge in [0.2, 0.25) is 0 Å². The van der Waals surface area contributed by atoms with Crippen molar-refractivity contribution < 1.29 is 4.79 Å². The molecule has 0 unspecified atom stereocenters. The number of carbonyl (C=O) groups is 1. The van der Waals surface area contributed by atoms with E-state index >= 15 is 0 Å². The van der Waals surface area contributed by atoms with Crippen LogP contribution in [0.4, 0.5) is 0 Å². The second kappa shape index (κ2) is 4.74. The lowest BCUT2D eigenvalue weighted by molar-refractivity contribution is 0.0951. The minimum absolute atomic E-state index is 0.00801. The van der Waals surface area contributed by atoms with Gasteiger partial charge in [0.05, 0.1) is 11.0 Å². The number of aromatic nitrogens is 2. The lowest BCUT2D eigenvalue weighted by atomic mass is 10.1. The van der Waals surface area contributed by atoms with Crippen LogP contribution in [-0.2, 0) is 0 Å². The van der Waals surface area contributed by atoms with E-state index in [1.165, 1.54) is 0 Å². The molecule has 2 aromatic carbocycles. The highest BCUT2D eigenvalue weighted by molar-refractivity contribution is 5.95. The molecule has 104 valence electrons. The van der Waals surface area contributed by atoms with Gasteiger partial charge in [-0.05, 0) is 37.1 Å². The van der Waals surface area contributed by atoms with Gasteiger partial charge < -0.3 is 10.3 Å². The molecule has 0 radical (unpaired) electrons. The number of imidazole rings is 1. The molecule has 0 spiro atoms. The molecule has 2 N–H and O–H groups in total. The van der Waals surface area contributed by atoms with Gasteiger partial charge in [-0.25, -0.2) is 4.98 Å². The summed E-state index contributed by atoms with van der Waals surface area (Å²) < 4.78 is 0. The fraction of sp³-hybridized carbons (Fsp3) is 0.176. The normalized spacial score (nSPS) is 14.3. The molecule has 1 amide bonds. The number of hydrogen-bond donors (Lipinski definition) is 2. The van der Waals surface area contributed by atoms with E-state index in [1.807, 2.05) is 48.5 Å². The van der Waals surface area contributed by atoms with Gasteiger partial charge in [-0.2, -0.15) is 0 Å². The predicted octanol–water partition coefficient (Wildman–Crippen LogP) is 3.12. The Balaban J connectivity index is 1.61. The lowest BCUT2D eigenvalue weighted by Crippen LogP contribution is -2.25. The van der Waals surface area contributed by atoms with Crippen molar-refractivity contribution in [3.05, 3.63) is 54.1 Å². The van der Waals surface area contributed by atoms with Crippen LogP contribution in [0.3, 0.4) is 0 Å². The average Bonchev–Trinajstić information content (AvgIpc) is 3.22. The fourth-order valence-corrected chi connectivity index (χ4v) is 2.37. The van der Waals surface area contributed by atoms with Gasteiger partial charge in [0, 0.05) is 17.2 Å². The van der Waals surface area contributed by atoms with E-state index in [0.717, 1.165) is 35.3 Å². The average molecular weight is 277 g/mol. The van der Waals surface area contributed by atoms with Crippen molar-refractivity contribution in [3.8, 4) is 11.4 Å². The van der Waals surface area contributed by atoms with Crippen LogP contribution in [0.2, 0.25) is 0 Å². The number of aromatic amines is 1. The summed E-state index contributed by atoms with van der Waals surface area (Å²) in [5, 5.41) is 2.99. The summed E-state index contributed by atoms with van der Waals surface area (Å²) in [7, 11) is 0. The van der Waals surface area contributed by atoms with Crippen molar-refractivity contribution in [1.82, 2.24) is 15.3 Å². The highest BCUT2D eigenvalue weighted by Crippen LogP contribution is 2.22. The van der Waals surface area contributed by atoms with E-state index < -0.39 is 0 Å². The number of carbonyl (C=O) groups excluding carboxylic acids is 1. The number of nitrogens with one attached hydrogen (secondary N) is 2. The highest BCUT2D eigenvalue weighted by atomic mass is 16.1. The maximum atomic E-state index is 11.9. The SMILES string of the molecule is O=C(NC1CC1)c1ccc(-c2nc3ccccc3[nH]2)cc1. The van der Waals surface area contributed by atoms with Crippen LogP contribution in [-0.4, -0.2) is 21.9 Å². The Morgan fingerprint density at radius 3 is 2.57 bits per heavy atom. The van der Waals surface area contributed by atoms with Gasteiger partial charge in [0.25, 0.3) is 5.91 Å². The Hall–Kier alpha value is -2.62. The summed E-state index contributed by atoms with van der Waals surface area (Å²) >= 11 is 0. The summed E-state index contributed by atoms with van der Waals surface area (Å²) in [5.74, 6) is 0.832. The van der Waals surface area contributed by atoms with E-state index in [4.69, 9.17) is 0 Å². The number of nitrogens with zero attached hydrogens (tertiary/aromatic N) is 1.